The van der Waals surface area contributed by atoms with Crippen molar-refractivity contribution in [2.75, 3.05) is 0 Å². The van der Waals surface area contributed by atoms with Gasteiger partial charge in [0.15, 0.2) is 0 Å². The quantitative estimate of drug-likeness (QED) is 0.641. The highest BCUT2D eigenvalue weighted by molar-refractivity contribution is 5.52. The van der Waals surface area contributed by atoms with E-state index in [-0.39, 0.29) is 0 Å². The minimum atomic E-state index is 1.08. The van der Waals surface area contributed by atoms with Gasteiger partial charge in [0, 0.05) is 6.08 Å². The molecule has 0 fully saturated rings. The Morgan fingerprint density at radius 3 is 2.54 bits per heavy atom. The normalized spacial score (nSPS) is 10.2. The fourth-order valence-corrected chi connectivity index (χ4v) is 1.22. The average molecular weight is 171 g/mol. The maximum Gasteiger partial charge on any atom is 0.0912 e. The van der Waals surface area contributed by atoms with Crippen molar-refractivity contribution >= 4 is 6.08 Å². The van der Waals surface area contributed by atoms with Gasteiger partial charge >= 0.3 is 0 Å². The summed E-state index contributed by atoms with van der Waals surface area (Å²) in [6, 6.07) is 10.3. The van der Waals surface area contributed by atoms with E-state index >= 15 is 0 Å². The van der Waals surface area contributed by atoms with Gasteiger partial charge in [-0.15, -0.1) is 0 Å². The molecule has 1 rings (SSSR count). The third-order valence-electron chi connectivity index (χ3n) is 1.87. The van der Waals surface area contributed by atoms with Gasteiger partial charge in [-0.3, -0.25) is 0 Å². The first-order valence-electron chi connectivity index (χ1n) is 4.52. The second-order valence-corrected chi connectivity index (χ2v) is 2.95. The van der Waals surface area contributed by atoms with Crippen molar-refractivity contribution < 1.29 is 0 Å². The van der Waals surface area contributed by atoms with Crippen molar-refractivity contribution in [1.82, 2.24) is 0 Å². The molecule has 1 heteroatoms. The van der Waals surface area contributed by atoms with E-state index in [1.54, 1.807) is 0 Å². The monoisotopic (exact) mass is 171 g/mol. The number of hydrogen-bond acceptors (Lipinski definition) is 1. The van der Waals surface area contributed by atoms with E-state index in [0.29, 0.717) is 0 Å². The lowest BCUT2D eigenvalue weighted by atomic mass is 10.1. The molecular formula is C12H13N. The summed E-state index contributed by atoms with van der Waals surface area (Å²) < 4.78 is 0. The lowest BCUT2D eigenvalue weighted by Crippen LogP contribution is -1.81. The van der Waals surface area contributed by atoms with Crippen LogP contribution in [0.1, 0.15) is 24.5 Å². The van der Waals surface area contributed by atoms with Crippen LogP contribution >= 0.6 is 0 Å². The summed E-state index contributed by atoms with van der Waals surface area (Å²) >= 11 is 0. The Morgan fingerprint density at radius 1 is 1.31 bits per heavy atom. The molecule has 0 radical (unpaired) electrons. The molecule has 0 unspecified atom stereocenters. The summed E-state index contributed by atoms with van der Waals surface area (Å²) in [6.07, 6.45) is 5.61. The lowest BCUT2D eigenvalue weighted by molar-refractivity contribution is 0.922. The van der Waals surface area contributed by atoms with Gasteiger partial charge in [-0.25, -0.2) is 0 Å². The van der Waals surface area contributed by atoms with Gasteiger partial charge in [0.25, 0.3) is 0 Å². The maximum absolute atomic E-state index is 8.33. The van der Waals surface area contributed by atoms with E-state index in [4.69, 9.17) is 5.26 Å². The molecular weight excluding hydrogens is 158 g/mol. The van der Waals surface area contributed by atoms with Crippen molar-refractivity contribution in [3.8, 4) is 6.07 Å². The van der Waals surface area contributed by atoms with Crippen LogP contribution in [-0.2, 0) is 6.42 Å². The van der Waals surface area contributed by atoms with Gasteiger partial charge in [0.2, 0.25) is 0 Å². The first kappa shape index (κ1) is 9.54. The van der Waals surface area contributed by atoms with Crippen LogP contribution in [0, 0.1) is 11.3 Å². The highest BCUT2D eigenvalue weighted by Crippen LogP contribution is 2.07. The van der Waals surface area contributed by atoms with E-state index in [0.717, 1.165) is 12.0 Å². The SMILES string of the molecule is CCCc1ccc(C=CC#N)cc1. The van der Waals surface area contributed by atoms with Crippen molar-refractivity contribution in [1.29, 1.82) is 5.26 Å². The summed E-state index contributed by atoms with van der Waals surface area (Å²) in [5, 5.41) is 8.33. The highest BCUT2D eigenvalue weighted by Gasteiger charge is 1.90. The predicted molar refractivity (Wildman–Crippen MR) is 55.1 cm³/mol. The zero-order chi connectivity index (χ0) is 9.52. The number of nitriles is 1. The molecule has 0 amide bonds. The second-order valence-electron chi connectivity index (χ2n) is 2.95. The molecule has 0 heterocycles. The van der Waals surface area contributed by atoms with Crippen LogP contribution in [0.3, 0.4) is 0 Å². The van der Waals surface area contributed by atoms with Gasteiger partial charge in [-0.2, -0.15) is 5.26 Å². The topological polar surface area (TPSA) is 23.8 Å². The van der Waals surface area contributed by atoms with Gasteiger partial charge in [0.1, 0.15) is 0 Å². The Bertz CT molecular complexity index is 314. The number of aryl methyl sites for hydroxylation is 1. The molecule has 0 aliphatic heterocycles. The first-order chi connectivity index (χ1) is 6.36. The maximum atomic E-state index is 8.33. The third kappa shape index (κ3) is 3.13. The van der Waals surface area contributed by atoms with Crippen molar-refractivity contribution in [2.24, 2.45) is 0 Å². The van der Waals surface area contributed by atoms with Crippen LogP contribution in [0.5, 0.6) is 0 Å². The smallest absolute Gasteiger partial charge is 0.0912 e. The van der Waals surface area contributed by atoms with E-state index in [9.17, 15) is 0 Å². The van der Waals surface area contributed by atoms with E-state index in [1.165, 1.54) is 18.1 Å². The Balaban J connectivity index is 2.70. The summed E-state index contributed by atoms with van der Waals surface area (Å²) in [4.78, 5) is 0. The zero-order valence-electron chi connectivity index (χ0n) is 7.83. The molecule has 0 aromatic heterocycles. The molecule has 1 aromatic rings. The minimum Gasteiger partial charge on any atom is -0.193 e. The van der Waals surface area contributed by atoms with Crippen molar-refractivity contribution in [3.05, 3.63) is 41.5 Å². The fraction of sp³-hybridized carbons (Fsp3) is 0.250. The Kier molecular flexibility index (Phi) is 3.78. The highest BCUT2D eigenvalue weighted by atomic mass is 14.2. The van der Waals surface area contributed by atoms with Gasteiger partial charge in [0.05, 0.1) is 6.07 Å². The number of hydrogen-bond donors (Lipinski definition) is 0. The van der Waals surface area contributed by atoms with Crippen LogP contribution in [0.15, 0.2) is 30.3 Å². The molecule has 0 N–H and O–H groups in total. The van der Waals surface area contributed by atoms with Crippen molar-refractivity contribution in [2.45, 2.75) is 19.8 Å². The number of allylic oxidation sites excluding steroid dienone is 1. The summed E-state index contributed by atoms with van der Waals surface area (Å²) in [5.41, 5.74) is 2.44. The average Bonchev–Trinajstić information content (AvgIpc) is 2.17. The van der Waals surface area contributed by atoms with Crippen molar-refractivity contribution in [3.63, 3.8) is 0 Å². The molecule has 1 nitrogen and oxygen atoms in total. The van der Waals surface area contributed by atoms with Crippen LogP contribution in [0.2, 0.25) is 0 Å². The fourth-order valence-electron chi connectivity index (χ4n) is 1.22. The number of rotatable bonds is 3. The molecule has 0 saturated heterocycles. The molecule has 1 aromatic carbocycles. The van der Waals surface area contributed by atoms with E-state index in [2.05, 4.69) is 19.1 Å². The second kappa shape index (κ2) is 5.16. The summed E-state index contributed by atoms with van der Waals surface area (Å²) in [7, 11) is 0. The standard InChI is InChI=1S/C12H13N/c1-2-4-11-6-8-12(9-7-11)5-3-10-13/h3,5-9H,2,4H2,1H3. The molecule has 0 atom stereocenters. The molecule has 0 spiro atoms. The number of benzene rings is 1. The van der Waals surface area contributed by atoms with Crippen LogP contribution in [0.4, 0.5) is 0 Å². The molecule has 0 aliphatic rings. The van der Waals surface area contributed by atoms with Gasteiger partial charge < -0.3 is 0 Å². The third-order valence-corrected chi connectivity index (χ3v) is 1.87. The van der Waals surface area contributed by atoms with Crippen LogP contribution in [0.25, 0.3) is 6.08 Å². The van der Waals surface area contributed by atoms with Crippen LogP contribution < -0.4 is 0 Å². The van der Waals surface area contributed by atoms with Gasteiger partial charge in [-0.05, 0) is 23.6 Å². The van der Waals surface area contributed by atoms with Gasteiger partial charge in [-0.1, -0.05) is 37.6 Å². The molecule has 66 valence electrons. The Hall–Kier alpha value is -1.55. The van der Waals surface area contributed by atoms with E-state index in [1.807, 2.05) is 24.3 Å². The minimum absolute atomic E-state index is 1.08. The Morgan fingerprint density at radius 2 is 2.00 bits per heavy atom. The number of nitrogens with zero attached hydrogens (tertiary/aromatic N) is 1. The zero-order valence-corrected chi connectivity index (χ0v) is 7.83. The molecule has 0 saturated carbocycles. The first-order valence-corrected chi connectivity index (χ1v) is 4.52. The molecule has 0 bridgehead atoms. The summed E-state index contributed by atoms with van der Waals surface area (Å²) in [5.74, 6) is 0. The predicted octanol–water partition coefficient (Wildman–Crippen LogP) is 3.18. The molecule has 0 aliphatic carbocycles. The largest absolute Gasteiger partial charge is 0.193 e. The van der Waals surface area contributed by atoms with E-state index < -0.39 is 0 Å². The van der Waals surface area contributed by atoms with Crippen LogP contribution in [-0.4, -0.2) is 0 Å². The lowest BCUT2D eigenvalue weighted by Gasteiger charge is -1.98. The Labute approximate surface area is 79.3 Å². The summed E-state index contributed by atoms with van der Waals surface area (Å²) in [6.45, 7) is 2.17. The molecule has 13 heavy (non-hydrogen) atoms.